The SMILES string of the molecule is CN(C(=O)N[C@H](CC(N)=O)C(=O)O)c1cccc(F)c1. The van der Waals surface area contributed by atoms with Gasteiger partial charge in [-0.1, -0.05) is 6.07 Å². The standard InChI is InChI=1S/C12H14FN3O4/c1-16(8-4-2-3-7(13)5-8)12(20)15-9(11(18)19)6-10(14)17/h2-5,9H,6H2,1H3,(H2,14,17)(H,15,20)(H,18,19)/t9-/m1/s1. The van der Waals surface area contributed by atoms with Crippen molar-refractivity contribution in [2.24, 2.45) is 5.73 Å². The first-order valence-electron chi connectivity index (χ1n) is 5.62. The van der Waals surface area contributed by atoms with Gasteiger partial charge in [-0.15, -0.1) is 0 Å². The van der Waals surface area contributed by atoms with Gasteiger partial charge < -0.3 is 16.2 Å². The second kappa shape index (κ2) is 6.50. The smallest absolute Gasteiger partial charge is 0.326 e. The van der Waals surface area contributed by atoms with Gasteiger partial charge in [-0.3, -0.25) is 9.69 Å². The molecule has 7 nitrogen and oxygen atoms in total. The lowest BCUT2D eigenvalue weighted by Crippen LogP contribution is -2.48. The maximum Gasteiger partial charge on any atom is 0.326 e. The normalized spacial score (nSPS) is 11.5. The summed E-state index contributed by atoms with van der Waals surface area (Å²) in [6.45, 7) is 0. The van der Waals surface area contributed by atoms with Crippen molar-refractivity contribution in [2.75, 3.05) is 11.9 Å². The number of carboxylic acids is 1. The van der Waals surface area contributed by atoms with E-state index in [9.17, 15) is 18.8 Å². The Morgan fingerprint density at radius 2 is 2.10 bits per heavy atom. The topological polar surface area (TPSA) is 113 Å². The van der Waals surface area contributed by atoms with Crippen LogP contribution in [-0.2, 0) is 9.59 Å². The van der Waals surface area contributed by atoms with Gasteiger partial charge in [0.25, 0.3) is 0 Å². The molecule has 0 fully saturated rings. The molecule has 8 heteroatoms. The molecule has 0 saturated heterocycles. The lowest BCUT2D eigenvalue weighted by molar-refractivity contribution is -0.140. The van der Waals surface area contributed by atoms with Crippen LogP contribution < -0.4 is 16.0 Å². The number of rotatable bonds is 5. The van der Waals surface area contributed by atoms with Gasteiger partial charge in [-0.2, -0.15) is 0 Å². The lowest BCUT2D eigenvalue weighted by Gasteiger charge is -2.21. The summed E-state index contributed by atoms with van der Waals surface area (Å²) >= 11 is 0. The minimum absolute atomic E-state index is 0.241. The molecule has 1 rings (SSSR count). The third-order valence-electron chi connectivity index (χ3n) is 2.50. The van der Waals surface area contributed by atoms with Crippen LogP contribution in [0.2, 0.25) is 0 Å². The van der Waals surface area contributed by atoms with Crippen molar-refractivity contribution in [3.63, 3.8) is 0 Å². The van der Waals surface area contributed by atoms with E-state index in [1.807, 2.05) is 0 Å². The number of primary amides is 1. The molecule has 0 saturated carbocycles. The van der Waals surface area contributed by atoms with E-state index in [0.29, 0.717) is 0 Å². The molecule has 0 aliphatic heterocycles. The lowest BCUT2D eigenvalue weighted by atomic mass is 10.2. The van der Waals surface area contributed by atoms with Crippen LogP contribution >= 0.6 is 0 Å². The number of nitrogens with two attached hydrogens (primary N) is 1. The quantitative estimate of drug-likeness (QED) is 0.721. The number of anilines is 1. The molecule has 0 radical (unpaired) electrons. The molecule has 0 spiro atoms. The maximum atomic E-state index is 13.0. The zero-order chi connectivity index (χ0) is 15.3. The highest BCUT2D eigenvalue weighted by Gasteiger charge is 2.24. The van der Waals surface area contributed by atoms with Gasteiger partial charge in [0.15, 0.2) is 0 Å². The number of halogens is 1. The van der Waals surface area contributed by atoms with Crippen LogP contribution in [0.1, 0.15) is 6.42 Å². The van der Waals surface area contributed by atoms with Crippen LogP contribution in [0.3, 0.4) is 0 Å². The number of carbonyl (C=O) groups is 3. The van der Waals surface area contributed by atoms with Crippen LogP contribution in [0.15, 0.2) is 24.3 Å². The summed E-state index contributed by atoms with van der Waals surface area (Å²) in [6, 6.07) is 2.99. The van der Waals surface area contributed by atoms with Crippen LogP contribution in [-0.4, -0.2) is 36.1 Å². The summed E-state index contributed by atoms with van der Waals surface area (Å²) in [6.07, 6.45) is -0.530. The van der Waals surface area contributed by atoms with E-state index in [1.165, 1.54) is 25.2 Å². The first-order chi connectivity index (χ1) is 9.31. The molecule has 0 aliphatic carbocycles. The number of carbonyl (C=O) groups excluding carboxylic acids is 2. The van der Waals surface area contributed by atoms with Crippen molar-refractivity contribution < 1.29 is 23.9 Å². The fourth-order valence-corrected chi connectivity index (χ4v) is 1.45. The first-order valence-corrected chi connectivity index (χ1v) is 5.62. The highest BCUT2D eigenvalue weighted by molar-refractivity contribution is 5.95. The Labute approximate surface area is 114 Å². The highest BCUT2D eigenvalue weighted by Crippen LogP contribution is 2.14. The summed E-state index contributed by atoms with van der Waals surface area (Å²) < 4.78 is 13.0. The molecule has 1 aromatic rings. The first kappa shape index (κ1) is 15.4. The molecule has 0 aliphatic rings. The van der Waals surface area contributed by atoms with Crippen molar-refractivity contribution in [1.82, 2.24) is 5.32 Å². The Hall–Kier alpha value is -2.64. The van der Waals surface area contributed by atoms with Crippen molar-refractivity contribution in [3.8, 4) is 0 Å². The highest BCUT2D eigenvalue weighted by atomic mass is 19.1. The van der Waals surface area contributed by atoms with Crippen LogP contribution in [0, 0.1) is 5.82 Å². The van der Waals surface area contributed by atoms with E-state index in [2.05, 4.69) is 5.32 Å². The molecule has 1 atom stereocenters. The van der Waals surface area contributed by atoms with Gasteiger partial charge in [0.1, 0.15) is 11.9 Å². The molecule has 4 N–H and O–H groups in total. The van der Waals surface area contributed by atoms with Crippen LogP contribution in [0.5, 0.6) is 0 Å². The molecular weight excluding hydrogens is 269 g/mol. The average molecular weight is 283 g/mol. The molecule has 20 heavy (non-hydrogen) atoms. The minimum Gasteiger partial charge on any atom is -0.480 e. The van der Waals surface area contributed by atoms with Gasteiger partial charge in [0, 0.05) is 12.7 Å². The number of amides is 3. The van der Waals surface area contributed by atoms with Gasteiger partial charge in [0.2, 0.25) is 5.91 Å². The molecule has 3 amide bonds. The number of urea groups is 1. The Morgan fingerprint density at radius 1 is 1.45 bits per heavy atom. The van der Waals surface area contributed by atoms with E-state index in [-0.39, 0.29) is 5.69 Å². The predicted octanol–water partition coefficient (Wildman–Crippen LogP) is 0.300. The number of nitrogens with one attached hydrogen (secondary N) is 1. The molecule has 0 unspecified atom stereocenters. The zero-order valence-corrected chi connectivity index (χ0v) is 10.7. The van der Waals surface area contributed by atoms with Crippen molar-refractivity contribution in [3.05, 3.63) is 30.1 Å². The Bertz CT molecular complexity index is 535. The summed E-state index contributed by atoms with van der Waals surface area (Å²) in [5.41, 5.74) is 5.14. The molecule has 0 aromatic heterocycles. The van der Waals surface area contributed by atoms with E-state index >= 15 is 0 Å². The Kier molecular flexibility index (Phi) is 5.01. The van der Waals surface area contributed by atoms with Crippen molar-refractivity contribution >= 4 is 23.6 Å². The van der Waals surface area contributed by atoms with E-state index in [4.69, 9.17) is 10.8 Å². The molecule has 0 bridgehead atoms. The molecular formula is C12H14FN3O4. The molecule has 1 aromatic carbocycles. The number of benzene rings is 1. The second-order valence-electron chi connectivity index (χ2n) is 4.05. The van der Waals surface area contributed by atoms with Gasteiger partial charge in [-0.25, -0.2) is 14.0 Å². The summed E-state index contributed by atoms with van der Waals surface area (Å²) in [5, 5.41) is 11.0. The number of hydrogen-bond acceptors (Lipinski definition) is 3. The number of carboxylic acid groups (broad SMARTS) is 1. The van der Waals surface area contributed by atoms with E-state index in [0.717, 1.165) is 11.0 Å². The van der Waals surface area contributed by atoms with Crippen LogP contribution in [0.4, 0.5) is 14.9 Å². The minimum atomic E-state index is -1.43. The van der Waals surface area contributed by atoms with Crippen molar-refractivity contribution in [1.29, 1.82) is 0 Å². The summed E-state index contributed by atoms with van der Waals surface area (Å²) in [5.74, 6) is -2.77. The van der Waals surface area contributed by atoms with E-state index < -0.39 is 36.2 Å². The van der Waals surface area contributed by atoms with Crippen molar-refractivity contribution in [2.45, 2.75) is 12.5 Å². The number of hydrogen-bond donors (Lipinski definition) is 3. The van der Waals surface area contributed by atoms with Gasteiger partial charge in [-0.05, 0) is 18.2 Å². The predicted molar refractivity (Wildman–Crippen MR) is 68.6 cm³/mol. The Morgan fingerprint density at radius 3 is 2.60 bits per heavy atom. The summed E-state index contributed by atoms with van der Waals surface area (Å²) in [7, 11) is 1.34. The maximum absolute atomic E-state index is 13.0. The van der Waals surface area contributed by atoms with Gasteiger partial charge >= 0.3 is 12.0 Å². The third-order valence-corrected chi connectivity index (χ3v) is 2.50. The van der Waals surface area contributed by atoms with E-state index in [1.54, 1.807) is 0 Å². The summed E-state index contributed by atoms with van der Waals surface area (Å²) in [4.78, 5) is 34.5. The average Bonchev–Trinajstić information content (AvgIpc) is 2.36. The molecule has 108 valence electrons. The zero-order valence-electron chi connectivity index (χ0n) is 10.7. The largest absolute Gasteiger partial charge is 0.480 e. The fraction of sp³-hybridized carbons (Fsp3) is 0.250. The fourth-order valence-electron chi connectivity index (χ4n) is 1.45. The number of nitrogens with zero attached hydrogens (tertiary/aromatic N) is 1. The monoisotopic (exact) mass is 283 g/mol. The molecule has 0 heterocycles. The van der Waals surface area contributed by atoms with Gasteiger partial charge in [0.05, 0.1) is 6.42 Å². The van der Waals surface area contributed by atoms with Crippen LogP contribution in [0.25, 0.3) is 0 Å². The number of aliphatic carboxylic acids is 1. The second-order valence-corrected chi connectivity index (χ2v) is 4.05. The third kappa shape index (κ3) is 4.23. The Balaban J connectivity index is 2.78.